The van der Waals surface area contributed by atoms with Gasteiger partial charge in [0.05, 0.1) is 4.90 Å². The molecule has 0 heterocycles. The van der Waals surface area contributed by atoms with Crippen molar-refractivity contribution >= 4 is 27.5 Å². The lowest BCUT2D eigenvalue weighted by Gasteiger charge is -2.10. The van der Waals surface area contributed by atoms with Crippen LogP contribution in [0.3, 0.4) is 0 Å². The van der Waals surface area contributed by atoms with Crippen molar-refractivity contribution in [2.24, 2.45) is 0 Å². The van der Waals surface area contributed by atoms with Crippen molar-refractivity contribution in [3.8, 4) is 0 Å². The van der Waals surface area contributed by atoms with Crippen LogP contribution in [0.2, 0.25) is 5.02 Å². The van der Waals surface area contributed by atoms with Crippen LogP contribution < -0.4 is 10.0 Å². The smallest absolute Gasteiger partial charge is 0.251 e. The standard InChI is InChI=1S/C18H21ClN2O3S/c1-13(2)21-25(23,24)17-9-3-14(4-10-17)11-12-20-18(22)15-5-7-16(19)8-6-15/h3-10,13,21H,11-12H2,1-2H3,(H,20,22). The minimum absolute atomic E-state index is 0.159. The zero-order valence-corrected chi connectivity index (χ0v) is 15.7. The Morgan fingerprint density at radius 2 is 1.64 bits per heavy atom. The third-order valence-corrected chi connectivity index (χ3v) is 5.36. The van der Waals surface area contributed by atoms with E-state index in [1.165, 1.54) is 0 Å². The monoisotopic (exact) mass is 380 g/mol. The Labute approximate surface area is 153 Å². The molecule has 0 saturated heterocycles. The van der Waals surface area contributed by atoms with Crippen molar-refractivity contribution in [2.45, 2.75) is 31.2 Å². The fourth-order valence-electron chi connectivity index (χ4n) is 2.24. The number of hydrogen-bond donors (Lipinski definition) is 2. The Hall–Kier alpha value is -1.89. The highest BCUT2D eigenvalue weighted by molar-refractivity contribution is 7.89. The molecular weight excluding hydrogens is 360 g/mol. The van der Waals surface area contributed by atoms with Gasteiger partial charge in [-0.25, -0.2) is 13.1 Å². The first-order valence-electron chi connectivity index (χ1n) is 7.93. The second-order valence-electron chi connectivity index (χ2n) is 5.93. The molecule has 2 aromatic rings. The molecule has 0 aromatic heterocycles. The maximum Gasteiger partial charge on any atom is 0.251 e. The van der Waals surface area contributed by atoms with Gasteiger partial charge in [-0.3, -0.25) is 4.79 Å². The van der Waals surface area contributed by atoms with Gasteiger partial charge in [0.25, 0.3) is 5.91 Å². The molecule has 25 heavy (non-hydrogen) atoms. The molecule has 0 fully saturated rings. The van der Waals surface area contributed by atoms with Crippen molar-refractivity contribution in [3.05, 3.63) is 64.7 Å². The fourth-order valence-corrected chi connectivity index (χ4v) is 3.61. The predicted octanol–water partition coefficient (Wildman–Crippen LogP) is 3.00. The van der Waals surface area contributed by atoms with Gasteiger partial charge in [0.1, 0.15) is 0 Å². The number of rotatable bonds is 7. The van der Waals surface area contributed by atoms with E-state index in [4.69, 9.17) is 11.6 Å². The van der Waals surface area contributed by atoms with Crippen LogP contribution in [-0.2, 0) is 16.4 Å². The average molecular weight is 381 g/mol. The summed E-state index contributed by atoms with van der Waals surface area (Å²) in [5.74, 6) is -0.169. The molecule has 0 saturated carbocycles. The van der Waals surface area contributed by atoms with E-state index < -0.39 is 10.0 Å². The number of halogens is 1. The zero-order valence-electron chi connectivity index (χ0n) is 14.1. The molecule has 0 spiro atoms. The number of benzene rings is 2. The third kappa shape index (κ3) is 5.85. The molecule has 0 aliphatic heterocycles. The zero-order chi connectivity index (χ0) is 18.4. The minimum atomic E-state index is -3.48. The summed E-state index contributed by atoms with van der Waals surface area (Å²) in [5.41, 5.74) is 1.49. The quantitative estimate of drug-likeness (QED) is 0.775. The normalized spacial score (nSPS) is 11.5. The van der Waals surface area contributed by atoms with E-state index in [0.29, 0.717) is 23.6 Å². The number of carbonyl (C=O) groups is 1. The topological polar surface area (TPSA) is 75.3 Å². The lowest BCUT2D eigenvalue weighted by Crippen LogP contribution is -2.30. The van der Waals surface area contributed by atoms with Crippen molar-refractivity contribution in [3.63, 3.8) is 0 Å². The number of hydrogen-bond acceptors (Lipinski definition) is 3. The van der Waals surface area contributed by atoms with Gasteiger partial charge < -0.3 is 5.32 Å². The van der Waals surface area contributed by atoms with Gasteiger partial charge in [0, 0.05) is 23.2 Å². The molecule has 134 valence electrons. The van der Waals surface area contributed by atoms with Crippen LogP contribution in [-0.4, -0.2) is 26.9 Å². The lowest BCUT2D eigenvalue weighted by molar-refractivity contribution is 0.0954. The number of amides is 1. The van der Waals surface area contributed by atoms with Crippen molar-refractivity contribution in [1.29, 1.82) is 0 Å². The van der Waals surface area contributed by atoms with Gasteiger partial charge in [-0.2, -0.15) is 0 Å². The largest absolute Gasteiger partial charge is 0.352 e. The van der Waals surface area contributed by atoms with E-state index in [0.717, 1.165) is 5.56 Å². The Balaban J connectivity index is 1.89. The van der Waals surface area contributed by atoms with Gasteiger partial charge in [0.15, 0.2) is 0 Å². The summed E-state index contributed by atoms with van der Waals surface area (Å²) in [6.07, 6.45) is 0.608. The summed E-state index contributed by atoms with van der Waals surface area (Å²) in [4.78, 5) is 12.2. The van der Waals surface area contributed by atoms with Crippen LogP contribution in [0, 0.1) is 0 Å². The summed E-state index contributed by atoms with van der Waals surface area (Å²) in [5, 5.41) is 3.41. The number of carbonyl (C=O) groups excluding carboxylic acids is 1. The van der Waals surface area contributed by atoms with Crippen LogP contribution >= 0.6 is 11.6 Å². The van der Waals surface area contributed by atoms with Crippen LogP contribution in [0.4, 0.5) is 0 Å². The van der Waals surface area contributed by atoms with Crippen molar-refractivity contribution in [1.82, 2.24) is 10.0 Å². The number of sulfonamides is 1. The molecule has 1 amide bonds. The van der Waals surface area contributed by atoms with E-state index >= 15 is 0 Å². The summed E-state index contributed by atoms with van der Waals surface area (Å²) in [6, 6.07) is 13.2. The Kier molecular flexibility index (Phi) is 6.58. The first-order valence-corrected chi connectivity index (χ1v) is 9.79. The molecule has 2 rings (SSSR count). The van der Waals surface area contributed by atoms with Gasteiger partial charge in [-0.1, -0.05) is 23.7 Å². The minimum Gasteiger partial charge on any atom is -0.352 e. The van der Waals surface area contributed by atoms with Crippen LogP contribution in [0.1, 0.15) is 29.8 Å². The van der Waals surface area contributed by atoms with E-state index in [1.807, 2.05) is 0 Å². The second kappa shape index (κ2) is 8.47. The first kappa shape index (κ1) is 19.4. The summed E-state index contributed by atoms with van der Waals surface area (Å²) in [6.45, 7) is 4.00. The molecule has 2 N–H and O–H groups in total. The van der Waals surface area contributed by atoms with E-state index in [2.05, 4.69) is 10.0 Å². The molecule has 5 nitrogen and oxygen atoms in total. The van der Waals surface area contributed by atoms with E-state index in [9.17, 15) is 13.2 Å². The lowest BCUT2D eigenvalue weighted by atomic mass is 10.1. The molecule has 0 bridgehead atoms. The second-order valence-corrected chi connectivity index (χ2v) is 8.08. The third-order valence-electron chi connectivity index (χ3n) is 3.43. The molecule has 0 aliphatic rings. The summed E-state index contributed by atoms with van der Waals surface area (Å²) < 4.78 is 26.7. The first-order chi connectivity index (χ1) is 11.8. The Bertz CT molecular complexity index is 816. The number of nitrogens with one attached hydrogen (secondary N) is 2. The maximum atomic E-state index is 12.1. The van der Waals surface area contributed by atoms with Gasteiger partial charge in [-0.15, -0.1) is 0 Å². The Morgan fingerprint density at radius 3 is 2.20 bits per heavy atom. The van der Waals surface area contributed by atoms with Crippen LogP contribution in [0.15, 0.2) is 53.4 Å². The van der Waals surface area contributed by atoms with Gasteiger partial charge >= 0.3 is 0 Å². The highest BCUT2D eigenvalue weighted by Gasteiger charge is 2.14. The van der Waals surface area contributed by atoms with Crippen LogP contribution in [0.5, 0.6) is 0 Å². The molecule has 0 aliphatic carbocycles. The summed E-state index contributed by atoms with van der Waals surface area (Å²) in [7, 11) is -3.48. The molecule has 0 radical (unpaired) electrons. The maximum absolute atomic E-state index is 12.1. The summed E-state index contributed by atoms with van der Waals surface area (Å²) >= 11 is 5.79. The molecule has 2 aromatic carbocycles. The van der Waals surface area contributed by atoms with Gasteiger partial charge in [0.2, 0.25) is 10.0 Å². The van der Waals surface area contributed by atoms with Crippen molar-refractivity contribution < 1.29 is 13.2 Å². The van der Waals surface area contributed by atoms with E-state index in [1.54, 1.807) is 62.4 Å². The average Bonchev–Trinajstić information content (AvgIpc) is 2.54. The Morgan fingerprint density at radius 1 is 1.04 bits per heavy atom. The fraction of sp³-hybridized carbons (Fsp3) is 0.278. The van der Waals surface area contributed by atoms with Gasteiger partial charge in [-0.05, 0) is 62.2 Å². The molecule has 0 atom stereocenters. The van der Waals surface area contributed by atoms with Crippen molar-refractivity contribution in [2.75, 3.05) is 6.54 Å². The predicted molar refractivity (Wildman–Crippen MR) is 99.4 cm³/mol. The van der Waals surface area contributed by atoms with Crippen LogP contribution in [0.25, 0.3) is 0 Å². The molecule has 0 unspecified atom stereocenters. The molecular formula is C18H21ClN2O3S. The highest BCUT2D eigenvalue weighted by Crippen LogP contribution is 2.12. The SMILES string of the molecule is CC(C)NS(=O)(=O)c1ccc(CCNC(=O)c2ccc(Cl)cc2)cc1. The van der Waals surface area contributed by atoms with E-state index in [-0.39, 0.29) is 16.8 Å². The highest BCUT2D eigenvalue weighted by atomic mass is 35.5. The molecule has 7 heteroatoms.